The second kappa shape index (κ2) is 3.70. The summed E-state index contributed by atoms with van der Waals surface area (Å²) in [6, 6.07) is 0. The Kier molecular flexibility index (Phi) is 3.95. The average Bonchev–Trinajstić information content (AvgIpc) is 1.62. The molecule has 0 bridgehead atoms. The third-order valence-electron chi connectivity index (χ3n) is 0.648. The molecule has 0 amide bonds. The minimum atomic E-state index is 0.356. The molecule has 0 radical (unpaired) electrons. The third-order valence-corrected chi connectivity index (χ3v) is 3.83. The normalized spacial score (nSPS) is 11.6. The van der Waals surface area contributed by atoms with E-state index < -0.39 is 0 Å². The van der Waals surface area contributed by atoms with Gasteiger partial charge in [0.1, 0.15) is 0 Å². The van der Waals surface area contributed by atoms with Crippen LogP contribution in [0.3, 0.4) is 0 Å². The molecule has 0 unspecified atom stereocenters. The Balaban J connectivity index is 3.60. The monoisotopic (exact) mass is 210 g/mol. The van der Waals surface area contributed by atoms with Gasteiger partial charge >= 0.3 is 68.4 Å². The Morgan fingerprint density at radius 3 is 2.00 bits per heavy atom. The predicted octanol–water partition coefficient (Wildman–Crippen LogP) is 2.74. The molecule has 0 aromatic heterocycles. The van der Waals surface area contributed by atoms with Crippen molar-refractivity contribution in [2.75, 3.05) is 0 Å². The van der Waals surface area contributed by atoms with E-state index in [0.29, 0.717) is 19.7 Å². The molecule has 0 aliphatic carbocycles. The summed E-state index contributed by atoms with van der Waals surface area (Å²) < 4.78 is 1.70. The van der Waals surface area contributed by atoms with E-state index in [1.54, 1.807) is 0 Å². The molecule has 0 heterocycles. The van der Waals surface area contributed by atoms with Gasteiger partial charge in [0.2, 0.25) is 0 Å². The van der Waals surface area contributed by atoms with Gasteiger partial charge in [-0.1, -0.05) is 0 Å². The first kappa shape index (κ1) is 9.61. The molecule has 0 atom stereocenters. The van der Waals surface area contributed by atoms with Crippen molar-refractivity contribution in [3.8, 4) is 0 Å². The van der Waals surface area contributed by atoms with Crippen LogP contribution in [0.15, 0.2) is 10.4 Å². The Morgan fingerprint density at radius 1 is 1.44 bits per heavy atom. The van der Waals surface area contributed by atoms with Gasteiger partial charge in [0.05, 0.1) is 0 Å². The maximum absolute atomic E-state index is 3.95. The molecule has 0 saturated heterocycles. The summed E-state index contributed by atoms with van der Waals surface area (Å²) in [6.07, 6.45) is 0. The zero-order valence-corrected chi connectivity index (χ0v) is 9.05. The van der Waals surface area contributed by atoms with Crippen molar-refractivity contribution in [1.82, 2.24) is 0 Å². The summed E-state index contributed by atoms with van der Waals surface area (Å²) in [5.41, 5.74) is 0. The van der Waals surface area contributed by atoms with Crippen LogP contribution in [0.2, 0.25) is 5.82 Å². The van der Waals surface area contributed by atoms with Crippen molar-refractivity contribution in [2.45, 2.75) is 31.3 Å². The molecule has 0 aromatic rings. The van der Waals surface area contributed by atoms with Crippen molar-refractivity contribution in [3.05, 3.63) is 10.4 Å². The molecule has 0 aromatic carbocycles. The van der Waals surface area contributed by atoms with Gasteiger partial charge in [-0.15, -0.1) is 0 Å². The molecule has 54 valence electrons. The predicted molar refractivity (Wildman–Crippen MR) is 48.1 cm³/mol. The molecule has 0 aliphatic rings. The SMILES string of the molecule is C=C(SC(C)(C)C)[Se]C. The molecule has 0 aliphatic heterocycles. The van der Waals surface area contributed by atoms with Crippen LogP contribution in [-0.2, 0) is 0 Å². The molecule has 0 saturated carbocycles. The van der Waals surface area contributed by atoms with Gasteiger partial charge < -0.3 is 0 Å². The van der Waals surface area contributed by atoms with Crippen LogP contribution in [0, 0.1) is 0 Å². The van der Waals surface area contributed by atoms with Crippen molar-refractivity contribution >= 4 is 26.7 Å². The second-order valence-electron chi connectivity index (χ2n) is 2.79. The zero-order valence-electron chi connectivity index (χ0n) is 6.52. The molecule has 0 N–H and O–H groups in total. The summed E-state index contributed by atoms with van der Waals surface area (Å²) in [7, 11) is 0. The van der Waals surface area contributed by atoms with Gasteiger partial charge in [-0.25, -0.2) is 0 Å². The van der Waals surface area contributed by atoms with Crippen LogP contribution in [0.1, 0.15) is 20.8 Å². The van der Waals surface area contributed by atoms with Crippen LogP contribution in [0.4, 0.5) is 0 Å². The zero-order chi connectivity index (χ0) is 7.49. The third kappa shape index (κ3) is 6.50. The first-order valence-electron chi connectivity index (χ1n) is 2.87. The Bertz CT molecular complexity index is 102. The number of rotatable bonds is 2. The summed E-state index contributed by atoms with van der Waals surface area (Å²) >= 11 is 2.50. The van der Waals surface area contributed by atoms with E-state index in [-0.39, 0.29) is 0 Å². The van der Waals surface area contributed by atoms with Crippen LogP contribution in [-0.4, -0.2) is 19.7 Å². The molecular weight excluding hydrogens is 195 g/mol. The first-order valence-corrected chi connectivity index (χ1v) is 6.26. The van der Waals surface area contributed by atoms with E-state index in [4.69, 9.17) is 0 Å². The second-order valence-corrected chi connectivity index (χ2v) is 7.19. The first-order chi connectivity index (χ1) is 3.95. The van der Waals surface area contributed by atoms with E-state index in [1.807, 2.05) is 11.8 Å². The number of hydrogen-bond donors (Lipinski definition) is 0. The van der Waals surface area contributed by atoms with Gasteiger partial charge in [0, 0.05) is 0 Å². The molecule has 0 fully saturated rings. The summed E-state index contributed by atoms with van der Waals surface area (Å²) in [4.78, 5) is 0. The minimum absolute atomic E-state index is 0.356. The standard InChI is InChI=1S/C7H14SSe/c1-6(9-5)8-7(2,3)4/h1H2,2-5H3. The van der Waals surface area contributed by atoms with Crippen molar-refractivity contribution < 1.29 is 0 Å². The molecule has 9 heavy (non-hydrogen) atoms. The van der Waals surface area contributed by atoms with E-state index in [1.165, 1.54) is 3.80 Å². The van der Waals surface area contributed by atoms with E-state index in [2.05, 4.69) is 33.2 Å². The molecule has 0 nitrogen and oxygen atoms in total. The van der Waals surface area contributed by atoms with Crippen molar-refractivity contribution in [1.29, 1.82) is 0 Å². The maximum atomic E-state index is 3.95. The fourth-order valence-electron chi connectivity index (χ4n) is 0.383. The topological polar surface area (TPSA) is 0 Å². The quantitative estimate of drug-likeness (QED) is 0.630. The Labute approximate surface area is 68.6 Å². The van der Waals surface area contributed by atoms with Gasteiger partial charge in [0.25, 0.3) is 0 Å². The fraction of sp³-hybridized carbons (Fsp3) is 0.714. The Morgan fingerprint density at radius 2 is 1.89 bits per heavy atom. The van der Waals surface area contributed by atoms with Crippen molar-refractivity contribution in [3.63, 3.8) is 0 Å². The number of hydrogen-bond acceptors (Lipinski definition) is 1. The van der Waals surface area contributed by atoms with E-state index in [9.17, 15) is 0 Å². The van der Waals surface area contributed by atoms with Crippen LogP contribution in [0.5, 0.6) is 0 Å². The van der Waals surface area contributed by atoms with Gasteiger partial charge in [-0.05, 0) is 0 Å². The molecule has 0 rings (SSSR count). The number of thioether (sulfide) groups is 1. The fourth-order valence-corrected chi connectivity index (χ4v) is 3.25. The summed E-state index contributed by atoms with van der Waals surface area (Å²) in [5.74, 6) is 2.20. The molecule has 2 heteroatoms. The Hall–Kier alpha value is 0.609. The van der Waals surface area contributed by atoms with Gasteiger partial charge in [-0.3, -0.25) is 0 Å². The van der Waals surface area contributed by atoms with Crippen LogP contribution < -0.4 is 0 Å². The van der Waals surface area contributed by atoms with Crippen LogP contribution in [0.25, 0.3) is 0 Å². The summed E-state index contributed by atoms with van der Waals surface area (Å²) in [5, 5.41) is 0. The summed E-state index contributed by atoms with van der Waals surface area (Å²) in [6.45, 7) is 10.6. The molecular formula is C7H14SSe. The van der Waals surface area contributed by atoms with Crippen molar-refractivity contribution in [2.24, 2.45) is 0 Å². The van der Waals surface area contributed by atoms with E-state index in [0.717, 1.165) is 0 Å². The van der Waals surface area contributed by atoms with Crippen LogP contribution >= 0.6 is 11.8 Å². The average molecular weight is 209 g/mol. The van der Waals surface area contributed by atoms with Gasteiger partial charge in [0.15, 0.2) is 0 Å². The molecule has 0 spiro atoms. The van der Waals surface area contributed by atoms with Gasteiger partial charge in [-0.2, -0.15) is 0 Å². The van der Waals surface area contributed by atoms with E-state index >= 15 is 0 Å².